The lowest BCUT2D eigenvalue weighted by molar-refractivity contribution is -0.133. The van der Waals surface area contributed by atoms with E-state index in [2.05, 4.69) is 12.2 Å². The molecule has 0 aromatic rings. The summed E-state index contributed by atoms with van der Waals surface area (Å²) in [7, 11) is 0. The van der Waals surface area contributed by atoms with Crippen molar-refractivity contribution in [3.63, 3.8) is 0 Å². The first-order valence-electron chi connectivity index (χ1n) is 7.57. The molecule has 3 heteroatoms. The fraction of sp³-hybridized carbons (Fsp3) is 0.933. The van der Waals surface area contributed by atoms with Crippen molar-refractivity contribution >= 4 is 5.91 Å². The lowest BCUT2D eigenvalue weighted by Crippen LogP contribution is -2.49. The Bertz CT molecular complexity index is 284. The number of hydrogen-bond donors (Lipinski definition) is 2. The van der Waals surface area contributed by atoms with Crippen LogP contribution in [0.15, 0.2) is 0 Å². The van der Waals surface area contributed by atoms with Crippen LogP contribution in [-0.4, -0.2) is 23.7 Å². The largest absolute Gasteiger partial charge is 0.396 e. The summed E-state index contributed by atoms with van der Waals surface area (Å²) < 4.78 is 0. The van der Waals surface area contributed by atoms with Crippen molar-refractivity contribution in [3.05, 3.63) is 0 Å². The van der Waals surface area contributed by atoms with E-state index in [0.29, 0.717) is 0 Å². The van der Waals surface area contributed by atoms with Gasteiger partial charge in [-0.1, -0.05) is 39.0 Å². The van der Waals surface area contributed by atoms with E-state index in [1.807, 2.05) is 0 Å². The molecule has 0 bridgehead atoms. The summed E-state index contributed by atoms with van der Waals surface area (Å²) in [5.41, 5.74) is -0.157. The van der Waals surface area contributed by atoms with Crippen LogP contribution in [0.4, 0.5) is 0 Å². The minimum atomic E-state index is -0.157. The van der Waals surface area contributed by atoms with Crippen LogP contribution in [0.2, 0.25) is 0 Å². The van der Waals surface area contributed by atoms with Gasteiger partial charge in [-0.3, -0.25) is 4.79 Å². The summed E-state index contributed by atoms with van der Waals surface area (Å²) in [6.07, 6.45) is 10.1. The van der Waals surface area contributed by atoms with Crippen molar-refractivity contribution in [2.45, 2.75) is 70.8 Å². The number of carbonyl (C=O) groups excluding carboxylic acids is 1. The maximum absolute atomic E-state index is 12.5. The van der Waals surface area contributed by atoms with Crippen LogP contribution in [-0.2, 0) is 4.79 Å². The van der Waals surface area contributed by atoms with Gasteiger partial charge in [-0.15, -0.1) is 0 Å². The minimum Gasteiger partial charge on any atom is -0.396 e. The molecule has 104 valence electrons. The molecule has 0 spiro atoms. The van der Waals surface area contributed by atoms with E-state index in [9.17, 15) is 9.90 Å². The summed E-state index contributed by atoms with van der Waals surface area (Å²) >= 11 is 0. The first kappa shape index (κ1) is 13.9. The van der Waals surface area contributed by atoms with Gasteiger partial charge in [-0.2, -0.15) is 0 Å². The highest BCUT2D eigenvalue weighted by Gasteiger charge is 2.37. The second-order valence-electron chi connectivity index (χ2n) is 6.43. The molecule has 2 atom stereocenters. The maximum Gasteiger partial charge on any atom is 0.226 e. The third-order valence-corrected chi connectivity index (χ3v) is 4.97. The van der Waals surface area contributed by atoms with Gasteiger partial charge >= 0.3 is 0 Å². The van der Waals surface area contributed by atoms with Crippen molar-refractivity contribution in [1.29, 1.82) is 0 Å². The second kappa shape index (κ2) is 6.05. The van der Waals surface area contributed by atoms with Crippen LogP contribution >= 0.6 is 0 Å². The molecule has 2 N–H and O–H groups in total. The minimum absolute atomic E-state index is 0.157. The first-order valence-corrected chi connectivity index (χ1v) is 7.57. The van der Waals surface area contributed by atoms with Crippen LogP contribution in [0.25, 0.3) is 0 Å². The van der Waals surface area contributed by atoms with E-state index in [4.69, 9.17) is 0 Å². The Hall–Kier alpha value is -0.570. The second-order valence-corrected chi connectivity index (χ2v) is 6.43. The molecule has 0 aliphatic heterocycles. The van der Waals surface area contributed by atoms with E-state index in [1.54, 1.807) is 0 Å². The third-order valence-electron chi connectivity index (χ3n) is 4.97. The van der Waals surface area contributed by atoms with Gasteiger partial charge in [-0.05, 0) is 25.7 Å². The fourth-order valence-electron chi connectivity index (χ4n) is 3.52. The van der Waals surface area contributed by atoms with Crippen LogP contribution in [0.1, 0.15) is 64.7 Å². The highest BCUT2D eigenvalue weighted by Crippen LogP contribution is 2.36. The third kappa shape index (κ3) is 3.05. The quantitative estimate of drug-likeness (QED) is 0.812. The lowest BCUT2D eigenvalue weighted by Gasteiger charge is -2.37. The van der Waals surface area contributed by atoms with Gasteiger partial charge in [0.15, 0.2) is 0 Å². The number of nitrogens with one attached hydrogen (secondary N) is 1. The molecular formula is C15H27NO2. The van der Waals surface area contributed by atoms with Crippen LogP contribution in [0.5, 0.6) is 0 Å². The SMILES string of the molecule is CC1(C(=O)NC2CCCCC2CO)CCCCC1. The Morgan fingerprint density at radius 2 is 1.83 bits per heavy atom. The van der Waals surface area contributed by atoms with Crippen LogP contribution in [0.3, 0.4) is 0 Å². The molecule has 18 heavy (non-hydrogen) atoms. The molecule has 2 rings (SSSR count). The summed E-state index contributed by atoms with van der Waals surface area (Å²) in [5.74, 6) is 0.502. The highest BCUT2D eigenvalue weighted by molar-refractivity contribution is 5.82. The number of aliphatic hydroxyl groups is 1. The predicted octanol–water partition coefficient (Wildman–Crippen LogP) is 2.62. The Balaban J connectivity index is 1.92. The smallest absolute Gasteiger partial charge is 0.226 e. The average Bonchev–Trinajstić information content (AvgIpc) is 2.40. The number of aliphatic hydroxyl groups excluding tert-OH is 1. The predicted molar refractivity (Wildman–Crippen MR) is 72.2 cm³/mol. The van der Waals surface area contributed by atoms with E-state index in [0.717, 1.165) is 25.7 Å². The molecule has 2 fully saturated rings. The summed E-state index contributed by atoms with van der Waals surface area (Å²) in [6.45, 7) is 2.32. The fourth-order valence-corrected chi connectivity index (χ4v) is 3.52. The topological polar surface area (TPSA) is 49.3 Å². The van der Waals surface area contributed by atoms with Crippen molar-refractivity contribution in [2.75, 3.05) is 6.61 Å². The van der Waals surface area contributed by atoms with Crippen molar-refractivity contribution in [2.24, 2.45) is 11.3 Å². The van der Waals surface area contributed by atoms with Crippen molar-refractivity contribution in [1.82, 2.24) is 5.32 Å². The summed E-state index contributed by atoms with van der Waals surface area (Å²) in [5, 5.41) is 12.6. The van der Waals surface area contributed by atoms with E-state index in [1.165, 1.54) is 32.1 Å². The van der Waals surface area contributed by atoms with Gasteiger partial charge in [0.25, 0.3) is 0 Å². The molecule has 2 aliphatic rings. The number of rotatable bonds is 3. The molecule has 0 aromatic carbocycles. The Morgan fingerprint density at radius 3 is 2.50 bits per heavy atom. The van der Waals surface area contributed by atoms with Gasteiger partial charge in [0, 0.05) is 24.0 Å². The van der Waals surface area contributed by atoms with Crippen LogP contribution < -0.4 is 5.32 Å². The van der Waals surface area contributed by atoms with E-state index < -0.39 is 0 Å². The lowest BCUT2D eigenvalue weighted by atomic mass is 9.74. The molecule has 3 nitrogen and oxygen atoms in total. The number of amides is 1. The van der Waals surface area contributed by atoms with Gasteiger partial charge in [0.1, 0.15) is 0 Å². The summed E-state index contributed by atoms with van der Waals surface area (Å²) in [6, 6.07) is 0.204. The zero-order valence-corrected chi connectivity index (χ0v) is 11.6. The van der Waals surface area contributed by atoms with Gasteiger partial charge < -0.3 is 10.4 Å². The molecule has 0 saturated heterocycles. The van der Waals surface area contributed by atoms with Crippen LogP contribution in [0, 0.1) is 11.3 Å². The molecule has 0 heterocycles. The van der Waals surface area contributed by atoms with Gasteiger partial charge in [0.2, 0.25) is 5.91 Å². The Kier molecular flexibility index (Phi) is 4.66. The average molecular weight is 253 g/mol. The van der Waals surface area contributed by atoms with Crippen molar-refractivity contribution in [3.8, 4) is 0 Å². The van der Waals surface area contributed by atoms with Gasteiger partial charge in [0.05, 0.1) is 0 Å². The molecule has 0 radical (unpaired) electrons. The zero-order chi connectivity index (χ0) is 13.0. The number of hydrogen-bond acceptors (Lipinski definition) is 2. The molecule has 1 amide bonds. The zero-order valence-electron chi connectivity index (χ0n) is 11.6. The van der Waals surface area contributed by atoms with Gasteiger partial charge in [-0.25, -0.2) is 0 Å². The standard InChI is InChI=1S/C15H27NO2/c1-15(9-5-2-6-10-15)14(18)16-13-8-4-3-7-12(13)11-17/h12-13,17H,2-11H2,1H3,(H,16,18). The van der Waals surface area contributed by atoms with Crippen molar-refractivity contribution < 1.29 is 9.90 Å². The molecule has 2 saturated carbocycles. The molecule has 2 aliphatic carbocycles. The first-order chi connectivity index (χ1) is 8.65. The van der Waals surface area contributed by atoms with E-state index >= 15 is 0 Å². The molecule has 0 aromatic heterocycles. The molecular weight excluding hydrogens is 226 g/mol. The number of carbonyl (C=O) groups is 1. The Morgan fingerprint density at radius 1 is 1.17 bits per heavy atom. The highest BCUT2D eigenvalue weighted by atomic mass is 16.3. The maximum atomic E-state index is 12.5. The summed E-state index contributed by atoms with van der Waals surface area (Å²) in [4.78, 5) is 12.5. The normalized spacial score (nSPS) is 31.9. The monoisotopic (exact) mass is 253 g/mol. The molecule has 2 unspecified atom stereocenters. The van der Waals surface area contributed by atoms with E-state index in [-0.39, 0.29) is 29.9 Å². The Labute approximate surface area is 110 Å².